The number of aliphatic hydroxyl groups excluding tert-OH is 1. The molecular weight excluding hydrogens is 190 g/mol. The third-order valence-corrected chi connectivity index (χ3v) is 2.06. The number of halogens is 1. The minimum absolute atomic E-state index is 0.166. The summed E-state index contributed by atoms with van der Waals surface area (Å²) in [4.78, 5) is 2.09. The molecule has 1 N–H and O–H groups in total. The Morgan fingerprint density at radius 3 is 2.69 bits per heavy atom. The SMILES string of the molecule is COCCN(CCO)CC(C)=CCl. The van der Waals surface area contributed by atoms with Crippen molar-refractivity contribution in [2.24, 2.45) is 0 Å². The van der Waals surface area contributed by atoms with Gasteiger partial charge in [0.1, 0.15) is 0 Å². The van der Waals surface area contributed by atoms with E-state index in [0.29, 0.717) is 13.2 Å². The van der Waals surface area contributed by atoms with Crippen LogP contribution in [0.15, 0.2) is 11.1 Å². The van der Waals surface area contributed by atoms with E-state index < -0.39 is 0 Å². The molecule has 0 aromatic rings. The van der Waals surface area contributed by atoms with Gasteiger partial charge >= 0.3 is 0 Å². The van der Waals surface area contributed by atoms with Crippen molar-refractivity contribution in [3.05, 3.63) is 11.1 Å². The highest BCUT2D eigenvalue weighted by Crippen LogP contribution is 1.99. The maximum absolute atomic E-state index is 8.79. The van der Waals surface area contributed by atoms with Gasteiger partial charge in [0.2, 0.25) is 0 Å². The van der Waals surface area contributed by atoms with Crippen LogP contribution in [0, 0.1) is 0 Å². The van der Waals surface area contributed by atoms with Crippen LogP contribution in [0.4, 0.5) is 0 Å². The van der Waals surface area contributed by atoms with Crippen molar-refractivity contribution in [3.8, 4) is 0 Å². The van der Waals surface area contributed by atoms with Crippen molar-refractivity contribution in [1.29, 1.82) is 0 Å². The van der Waals surface area contributed by atoms with Crippen LogP contribution in [0.25, 0.3) is 0 Å². The molecule has 0 aromatic heterocycles. The van der Waals surface area contributed by atoms with E-state index in [1.54, 1.807) is 12.6 Å². The zero-order valence-electron chi connectivity index (χ0n) is 8.29. The number of methoxy groups -OCH3 is 1. The van der Waals surface area contributed by atoms with Crippen molar-refractivity contribution in [1.82, 2.24) is 4.90 Å². The van der Waals surface area contributed by atoms with Crippen molar-refractivity contribution >= 4 is 11.6 Å². The van der Waals surface area contributed by atoms with E-state index in [4.69, 9.17) is 21.4 Å². The van der Waals surface area contributed by atoms with Gasteiger partial charge in [-0.1, -0.05) is 11.6 Å². The second-order valence-electron chi connectivity index (χ2n) is 2.95. The topological polar surface area (TPSA) is 32.7 Å². The second kappa shape index (κ2) is 8.51. The van der Waals surface area contributed by atoms with Crippen LogP contribution >= 0.6 is 11.6 Å². The lowest BCUT2D eigenvalue weighted by molar-refractivity contribution is 0.137. The molecule has 4 heteroatoms. The summed E-state index contributed by atoms with van der Waals surface area (Å²) in [5.41, 5.74) is 2.66. The van der Waals surface area contributed by atoms with Gasteiger partial charge in [-0.3, -0.25) is 4.90 Å². The fourth-order valence-corrected chi connectivity index (χ4v) is 1.09. The van der Waals surface area contributed by atoms with Crippen LogP contribution in [0.1, 0.15) is 6.92 Å². The van der Waals surface area contributed by atoms with E-state index in [2.05, 4.69) is 4.90 Å². The average molecular weight is 208 g/mol. The fraction of sp³-hybridized carbons (Fsp3) is 0.778. The number of rotatable bonds is 7. The molecule has 0 saturated carbocycles. The van der Waals surface area contributed by atoms with Crippen LogP contribution in [-0.2, 0) is 4.74 Å². The molecule has 0 unspecified atom stereocenters. The Balaban J connectivity index is 3.79. The number of ether oxygens (including phenoxy) is 1. The summed E-state index contributed by atoms with van der Waals surface area (Å²) in [6.07, 6.45) is 0. The lowest BCUT2D eigenvalue weighted by Gasteiger charge is -2.20. The second-order valence-corrected chi connectivity index (χ2v) is 3.17. The molecule has 0 bridgehead atoms. The first-order chi connectivity index (χ1) is 6.24. The first kappa shape index (κ1) is 12.9. The number of nitrogens with zero attached hydrogens (tertiary/aromatic N) is 1. The Kier molecular flexibility index (Phi) is 8.45. The van der Waals surface area contributed by atoms with Gasteiger partial charge in [-0.15, -0.1) is 0 Å². The van der Waals surface area contributed by atoms with Crippen LogP contribution in [-0.4, -0.2) is 50.0 Å². The molecule has 0 fully saturated rings. The summed E-state index contributed by atoms with van der Waals surface area (Å²) in [6.45, 7) is 5.07. The molecule has 0 saturated heterocycles. The van der Waals surface area contributed by atoms with Gasteiger partial charge in [-0.2, -0.15) is 0 Å². The van der Waals surface area contributed by atoms with E-state index >= 15 is 0 Å². The minimum Gasteiger partial charge on any atom is -0.395 e. The number of hydrogen-bond donors (Lipinski definition) is 1. The molecule has 0 aliphatic carbocycles. The van der Waals surface area contributed by atoms with Gasteiger partial charge in [0.05, 0.1) is 13.2 Å². The van der Waals surface area contributed by atoms with Gasteiger partial charge in [-0.05, 0) is 12.5 Å². The lowest BCUT2D eigenvalue weighted by Crippen LogP contribution is -2.31. The van der Waals surface area contributed by atoms with Crippen LogP contribution in [0.2, 0.25) is 0 Å². The van der Waals surface area contributed by atoms with E-state index in [-0.39, 0.29) is 6.61 Å². The molecule has 0 aliphatic heterocycles. The smallest absolute Gasteiger partial charge is 0.0589 e. The van der Waals surface area contributed by atoms with Crippen molar-refractivity contribution in [2.45, 2.75) is 6.92 Å². The van der Waals surface area contributed by atoms with Crippen molar-refractivity contribution < 1.29 is 9.84 Å². The standard InChI is InChI=1S/C9H18ClNO2/c1-9(7-10)8-11(3-5-12)4-6-13-2/h7,12H,3-6,8H2,1-2H3. The summed E-state index contributed by atoms with van der Waals surface area (Å²) in [5, 5.41) is 8.79. The molecule has 0 spiro atoms. The fourth-order valence-electron chi connectivity index (χ4n) is 1.02. The average Bonchev–Trinajstić information content (AvgIpc) is 2.14. The molecule has 3 nitrogen and oxygen atoms in total. The summed E-state index contributed by atoms with van der Waals surface area (Å²) >= 11 is 5.55. The van der Waals surface area contributed by atoms with Crippen molar-refractivity contribution in [2.75, 3.05) is 40.0 Å². The maximum Gasteiger partial charge on any atom is 0.0589 e. The quantitative estimate of drug-likeness (QED) is 0.678. The Morgan fingerprint density at radius 2 is 2.23 bits per heavy atom. The minimum atomic E-state index is 0.166. The zero-order chi connectivity index (χ0) is 10.1. The normalized spacial score (nSPS) is 12.5. The zero-order valence-corrected chi connectivity index (χ0v) is 9.05. The highest BCUT2D eigenvalue weighted by molar-refractivity contribution is 6.25. The van der Waals surface area contributed by atoms with Gasteiger partial charge in [0.15, 0.2) is 0 Å². The Bertz CT molecular complexity index is 151. The molecule has 0 rings (SSSR count). The van der Waals surface area contributed by atoms with Crippen LogP contribution in [0.3, 0.4) is 0 Å². The van der Waals surface area contributed by atoms with E-state index in [1.807, 2.05) is 6.92 Å². The molecule has 0 aromatic carbocycles. The molecule has 0 aliphatic rings. The largest absolute Gasteiger partial charge is 0.395 e. The number of hydrogen-bond acceptors (Lipinski definition) is 3. The number of aliphatic hydroxyl groups is 1. The van der Waals surface area contributed by atoms with Crippen LogP contribution in [0.5, 0.6) is 0 Å². The predicted molar refractivity (Wildman–Crippen MR) is 55.0 cm³/mol. The van der Waals surface area contributed by atoms with Gasteiger partial charge in [-0.25, -0.2) is 0 Å². The van der Waals surface area contributed by atoms with Crippen molar-refractivity contribution in [3.63, 3.8) is 0 Å². The molecule has 78 valence electrons. The molecule has 13 heavy (non-hydrogen) atoms. The third kappa shape index (κ3) is 7.02. The highest BCUT2D eigenvalue weighted by atomic mass is 35.5. The molecule has 0 atom stereocenters. The molecule has 0 heterocycles. The van der Waals surface area contributed by atoms with Gasteiger partial charge in [0.25, 0.3) is 0 Å². The molecule has 0 radical (unpaired) electrons. The first-order valence-electron chi connectivity index (χ1n) is 4.32. The first-order valence-corrected chi connectivity index (χ1v) is 4.76. The van der Waals surface area contributed by atoms with E-state index in [9.17, 15) is 0 Å². The summed E-state index contributed by atoms with van der Waals surface area (Å²) in [7, 11) is 1.67. The predicted octanol–water partition coefficient (Wildman–Crippen LogP) is 1.07. The summed E-state index contributed by atoms with van der Waals surface area (Å²) in [5.74, 6) is 0. The third-order valence-electron chi connectivity index (χ3n) is 1.69. The summed E-state index contributed by atoms with van der Waals surface area (Å²) in [6, 6.07) is 0. The molecule has 0 amide bonds. The summed E-state index contributed by atoms with van der Waals surface area (Å²) < 4.78 is 4.96. The van der Waals surface area contributed by atoms with E-state index in [0.717, 1.165) is 18.7 Å². The Hall–Kier alpha value is -0.0900. The van der Waals surface area contributed by atoms with Gasteiger partial charge < -0.3 is 9.84 Å². The van der Waals surface area contributed by atoms with Gasteiger partial charge in [0, 0.05) is 32.3 Å². The Morgan fingerprint density at radius 1 is 1.54 bits per heavy atom. The Labute approximate surface area is 84.9 Å². The maximum atomic E-state index is 8.79. The lowest BCUT2D eigenvalue weighted by atomic mass is 10.3. The monoisotopic (exact) mass is 207 g/mol. The highest BCUT2D eigenvalue weighted by Gasteiger charge is 2.03. The molecular formula is C9H18ClNO2. The van der Waals surface area contributed by atoms with E-state index in [1.165, 1.54) is 0 Å². The van der Waals surface area contributed by atoms with Crippen LogP contribution < -0.4 is 0 Å².